The van der Waals surface area contributed by atoms with E-state index in [4.69, 9.17) is 10.8 Å². The van der Waals surface area contributed by atoms with Gasteiger partial charge in [-0.2, -0.15) is 0 Å². The minimum absolute atomic E-state index is 0.0370. The first-order valence-corrected chi connectivity index (χ1v) is 6.47. The number of unbranched alkanes of at least 4 members (excludes halogenated alkanes) is 2. The van der Waals surface area contributed by atoms with Crippen molar-refractivity contribution in [1.29, 1.82) is 0 Å². The molecule has 2 unspecified atom stereocenters. The Hall–Kier alpha value is -1.30. The van der Waals surface area contributed by atoms with E-state index in [-0.39, 0.29) is 18.4 Å². The molecule has 0 rings (SSSR count). The molecule has 0 heterocycles. The number of hydrogen-bond donors (Lipinski definition) is 4. The average Bonchev–Trinajstić information content (AvgIpc) is 2.34. The number of nitrogens with one attached hydrogen (secondary N) is 2. The molecule has 0 spiro atoms. The second-order valence-electron chi connectivity index (χ2n) is 4.45. The van der Waals surface area contributed by atoms with E-state index in [1.165, 1.54) is 0 Å². The number of nitrogens with two attached hydrogens (primary N) is 1. The number of hydrogen-bond acceptors (Lipinski definition) is 3. The number of primary amides is 1. The van der Waals surface area contributed by atoms with Crippen LogP contribution < -0.4 is 16.4 Å². The van der Waals surface area contributed by atoms with Crippen LogP contribution in [0.25, 0.3) is 0 Å². The lowest BCUT2D eigenvalue weighted by Gasteiger charge is -2.22. The molecule has 0 aliphatic carbocycles. The second-order valence-corrected chi connectivity index (χ2v) is 4.45. The molecule has 6 heteroatoms. The van der Waals surface area contributed by atoms with Crippen LogP contribution in [0.2, 0.25) is 0 Å². The van der Waals surface area contributed by atoms with E-state index in [1.807, 2.05) is 13.8 Å². The Morgan fingerprint density at radius 3 is 2.44 bits per heavy atom. The summed E-state index contributed by atoms with van der Waals surface area (Å²) < 4.78 is 0. The van der Waals surface area contributed by atoms with Crippen LogP contribution in [0.4, 0.5) is 4.79 Å². The summed E-state index contributed by atoms with van der Waals surface area (Å²) in [4.78, 5) is 22.7. The number of carbonyl (C=O) groups is 2. The van der Waals surface area contributed by atoms with E-state index in [0.717, 1.165) is 25.7 Å². The van der Waals surface area contributed by atoms with E-state index < -0.39 is 12.1 Å². The van der Waals surface area contributed by atoms with Gasteiger partial charge in [-0.15, -0.1) is 0 Å². The van der Waals surface area contributed by atoms with E-state index in [2.05, 4.69) is 10.6 Å². The van der Waals surface area contributed by atoms with Crippen LogP contribution in [0.15, 0.2) is 0 Å². The van der Waals surface area contributed by atoms with Crippen molar-refractivity contribution in [2.24, 2.45) is 11.7 Å². The summed E-state index contributed by atoms with van der Waals surface area (Å²) in [5, 5.41) is 13.9. The van der Waals surface area contributed by atoms with E-state index >= 15 is 0 Å². The van der Waals surface area contributed by atoms with Crippen LogP contribution in [0, 0.1) is 5.92 Å². The maximum atomic E-state index is 11.9. The van der Waals surface area contributed by atoms with Gasteiger partial charge in [-0.3, -0.25) is 4.79 Å². The molecule has 0 bridgehead atoms. The zero-order chi connectivity index (χ0) is 14.0. The molecule has 3 amide bonds. The molecule has 0 aliphatic heterocycles. The molecule has 106 valence electrons. The zero-order valence-corrected chi connectivity index (χ0v) is 11.2. The Balaban J connectivity index is 4.09. The van der Waals surface area contributed by atoms with Gasteiger partial charge in [0.15, 0.2) is 0 Å². The van der Waals surface area contributed by atoms with Gasteiger partial charge in [0.05, 0.1) is 0 Å². The molecule has 0 saturated carbocycles. The fourth-order valence-electron chi connectivity index (χ4n) is 1.59. The van der Waals surface area contributed by atoms with Crippen LogP contribution in [-0.2, 0) is 4.79 Å². The van der Waals surface area contributed by atoms with Crippen molar-refractivity contribution in [3.63, 3.8) is 0 Å². The van der Waals surface area contributed by atoms with Crippen molar-refractivity contribution in [2.75, 3.05) is 13.2 Å². The largest absolute Gasteiger partial charge is 0.396 e. The fraction of sp³-hybridized carbons (Fsp3) is 0.833. The van der Waals surface area contributed by atoms with Gasteiger partial charge in [0.1, 0.15) is 6.04 Å². The quantitative estimate of drug-likeness (QED) is 0.449. The number of aliphatic hydroxyl groups is 1. The van der Waals surface area contributed by atoms with Crippen molar-refractivity contribution in [1.82, 2.24) is 10.6 Å². The van der Waals surface area contributed by atoms with Crippen LogP contribution in [0.5, 0.6) is 0 Å². The Labute approximate surface area is 108 Å². The Kier molecular flexibility index (Phi) is 9.00. The summed E-state index contributed by atoms with van der Waals surface area (Å²) >= 11 is 0. The topological polar surface area (TPSA) is 104 Å². The third kappa shape index (κ3) is 7.11. The molecule has 0 aliphatic rings. The highest BCUT2D eigenvalue weighted by Crippen LogP contribution is 2.07. The highest BCUT2D eigenvalue weighted by Gasteiger charge is 2.24. The van der Waals surface area contributed by atoms with Crippen molar-refractivity contribution in [2.45, 2.75) is 45.6 Å². The lowest BCUT2D eigenvalue weighted by atomic mass is 9.98. The Morgan fingerprint density at radius 1 is 1.28 bits per heavy atom. The van der Waals surface area contributed by atoms with Crippen molar-refractivity contribution < 1.29 is 14.7 Å². The number of aliphatic hydroxyl groups excluding tert-OH is 1. The summed E-state index contributed by atoms with van der Waals surface area (Å²) in [6, 6.07) is -1.26. The highest BCUT2D eigenvalue weighted by atomic mass is 16.3. The minimum Gasteiger partial charge on any atom is -0.396 e. The van der Waals surface area contributed by atoms with Crippen LogP contribution in [-0.4, -0.2) is 36.2 Å². The monoisotopic (exact) mass is 259 g/mol. The SMILES string of the molecule is CCC(C)C(NC(N)=O)C(=O)NCCCCCO. The average molecular weight is 259 g/mol. The fourth-order valence-corrected chi connectivity index (χ4v) is 1.59. The summed E-state index contributed by atoms with van der Waals surface area (Å²) in [7, 11) is 0. The standard InChI is InChI=1S/C12H25N3O3/c1-3-9(2)10(15-12(13)18)11(17)14-7-5-4-6-8-16/h9-10,16H,3-8H2,1-2H3,(H,14,17)(H3,13,15,18). The van der Waals surface area contributed by atoms with Gasteiger partial charge in [0.2, 0.25) is 5.91 Å². The summed E-state index contributed by atoms with van der Waals surface area (Å²) in [6.45, 7) is 4.57. The zero-order valence-electron chi connectivity index (χ0n) is 11.2. The highest BCUT2D eigenvalue weighted by molar-refractivity contribution is 5.86. The lowest BCUT2D eigenvalue weighted by molar-refractivity contribution is -0.124. The number of rotatable bonds is 9. The van der Waals surface area contributed by atoms with Gasteiger partial charge >= 0.3 is 6.03 Å². The number of carbonyl (C=O) groups excluding carboxylic acids is 2. The van der Waals surface area contributed by atoms with Gasteiger partial charge in [-0.25, -0.2) is 4.79 Å². The number of urea groups is 1. The van der Waals surface area contributed by atoms with Gasteiger partial charge in [-0.05, 0) is 25.2 Å². The van der Waals surface area contributed by atoms with Gasteiger partial charge in [0.25, 0.3) is 0 Å². The summed E-state index contributed by atoms with van der Waals surface area (Å²) in [6.07, 6.45) is 3.21. The van der Waals surface area contributed by atoms with Crippen LogP contribution in [0.1, 0.15) is 39.5 Å². The molecule has 5 N–H and O–H groups in total. The van der Waals surface area contributed by atoms with Gasteiger partial charge < -0.3 is 21.5 Å². The first-order chi connectivity index (χ1) is 8.52. The first kappa shape index (κ1) is 16.7. The molecule has 0 radical (unpaired) electrons. The molecular weight excluding hydrogens is 234 g/mol. The smallest absolute Gasteiger partial charge is 0.312 e. The predicted molar refractivity (Wildman–Crippen MR) is 69.9 cm³/mol. The van der Waals surface area contributed by atoms with E-state index in [1.54, 1.807) is 0 Å². The minimum atomic E-state index is -0.685. The van der Waals surface area contributed by atoms with Gasteiger partial charge in [-0.1, -0.05) is 20.3 Å². The third-order valence-electron chi connectivity index (χ3n) is 2.93. The molecular formula is C12H25N3O3. The first-order valence-electron chi connectivity index (χ1n) is 6.47. The van der Waals surface area contributed by atoms with Crippen molar-refractivity contribution >= 4 is 11.9 Å². The molecule has 0 saturated heterocycles. The molecule has 2 atom stereocenters. The molecule has 6 nitrogen and oxygen atoms in total. The van der Waals surface area contributed by atoms with Crippen molar-refractivity contribution in [3.8, 4) is 0 Å². The number of amides is 3. The molecule has 0 aromatic rings. The maximum absolute atomic E-state index is 11.9. The van der Waals surface area contributed by atoms with Crippen LogP contribution >= 0.6 is 0 Å². The maximum Gasteiger partial charge on any atom is 0.312 e. The van der Waals surface area contributed by atoms with Crippen molar-refractivity contribution in [3.05, 3.63) is 0 Å². The van der Waals surface area contributed by atoms with E-state index in [0.29, 0.717) is 6.54 Å². The molecule has 0 aromatic carbocycles. The molecule has 0 aromatic heterocycles. The van der Waals surface area contributed by atoms with Crippen LogP contribution in [0.3, 0.4) is 0 Å². The van der Waals surface area contributed by atoms with Gasteiger partial charge in [0, 0.05) is 13.2 Å². The Morgan fingerprint density at radius 2 is 1.94 bits per heavy atom. The molecule has 0 fully saturated rings. The predicted octanol–water partition coefficient (Wildman–Crippen LogP) is 0.348. The lowest BCUT2D eigenvalue weighted by Crippen LogP contribution is -2.51. The summed E-state index contributed by atoms with van der Waals surface area (Å²) in [5.41, 5.74) is 5.06. The third-order valence-corrected chi connectivity index (χ3v) is 2.93. The second kappa shape index (κ2) is 9.70. The van der Waals surface area contributed by atoms with E-state index in [9.17, 15) is 9.59 Å². The Bertz CT molecular complexity index is 259. The molecule has 18 heavy (non-hydrogen) atoms. The summed E-state index contributed by atoms with van der Waals surface area (Å²) in [5.74, 6) is -0.165. The normalized spacial score (nSPS) is 13.7.